The molecule has 0 N–H and O–H groups in total. The predicted molar refractivity (Wildman–Crippen MR) is 70.3 cm³/mol. The summed E-state index contributed by atoms with van der Waals surface area (Å²) < 4.78 is 11.1. The number of rotatable bonds is 1. The average molecular weight is 254 g/mol. The number of hydrogen-bond acceptors (Lipinski definition) is 3. The molecule has 0 radical (unpaired) electrons. The number of carbonyl (C=O) groups excluding carboxylic acids is 1. The Bertz CT molecular complexity index is 348. The quantitative estimate of drug-likeness (QED) is 0.409. The lowest BCUT2D eigenvalue weighted by Crippen LogP contribution is -2.47. The van der Waals surface area contributed by atoms with Crippen LogP contribution in [0, 0.1) is 11.5 Å². The lowest BCUT2D eigenvalue weighted by atomic mass is 9.93. The van der Waals surface area contributed by atoms with E-state index >= 15 is 0 Å². The SMILES string of the molecule is CC(=O)O[C@H]1CCCO[C@@]1(C)C#C[Si](C)(C)C. The van der Waals surface area contributed by atoms with Crippen LogP contribution in [0.2, 0.25) is 19.6 Å². The molecule has 0 aromatic heterocycles. The van der Waals surface area contributed by atoms with Crippen molar-refractivity contribution in [3.05, 3.63) is 0 Å². The molecule has 17 heavy (non-hydrogen) atoms. The molecule has 2 atom stereocenters. The molecule has 0 aromatic carbocycles. The zero-order valence-electron chi connectivity index (χ0n) is 11.4. The maximum absolute atomic E-state index is 11.1. The predicted octanol–water partition coefficient (Wildman–Crippen LogP) is 2.37. The second-order valence-electron chi connectivity index (χ2n) is 5.70. The minimum Gasteiger partial charge on any atom is -0.458 e. The highest BCUT2D eigenvalue weighted by molar-refractivity contribution is 6.83. The summed E-state index contributed by atoms with van der Waals surface area (Å²) in [5.74, 6) is 2.94. The van der Waals surface area contributed by atoms with Crippen LogP contribution in [0.15, 0.2) is 0 Å². The van der Waals surface area contributed by atoms with Crippen LogP contribution in [0.1, 0.15) is 26.7 Å². The Balaban J connectivity index is 2.87. The summed E-state index contributed by atoms with van der Waals surface area (Å²) >= 11 is 0. The Kier molecular flexibility index (Phi) is 4.40. The molecule has 0 unspecified atom stereocenters. The highest BCUT2D eigenvalue weighted by Gasteiger charge is 2.39. The first-order valence-electron chi connectivity index (χ1n) is 6.08. The molecule has 0 aromatic rings. The third-order valence-corrected chi connectivity index (χ3v) is 3.50. The van der Waals surface area contributed by atoms with E-state index in [1.807, 2.05) is 6.92 Å². The molecule has 1 aliphatic heterocycles. The lowest BCUT2D eigenvalue weighted by molar-refractivity contribution is -0.169. The van der Waals surface area contributed by atoms with Gasteiger partial charge in [0.2, 0.25) is 0 Å². The molecule has 96 valence electrons. The van der Waals surface area contributed by atoms with Crippen LogP contribution < -0.4 is 0 Å². The van der Waals surface area contributed by atoms with Gasteiger partial charge in [-0.05, 0) is 19.8 Å². The van der Waals surface area contributed by atoms with E-state index in [2.05, 4.69) is 31.1 Å². The fourth-order valence-electron chi connectivity index (χ4n) is 1.72. The van der Waals surface area contributed by atoms with Crippen LogP contribution in [0.25, 0.3) is 0 Å². The van der Waals surface area contributed by atoms with Gasteiger partial charge in [0.05, 0.1) is 0 Å². The third kappa shape index (κ3) is 4.53. The first-order chi connectivity index (χ1) is 7.73. The Hall–Kier alpha value is -0.793. The van der Waals surface area contributed by atoms with Gasteiger partial charge in [0.25, 0.3) is 0 Å². The van der Waals surface area contributed by atoms with Gasteiger partial charge >= 0.3 is 5.97 Å². The highest BCUT2D eigenvalue weighted by atomic mass is 28.3. The van der Waals surface area contributed by atoms with Crippen molar-refractivity contribution in [3.8, 4) is 11.5 Å². The molecular formula is C13H22O3Si. The molecule has 1 heterocycles. The summed E-state index contributed by atoms with van der Waals surface area (Å²) in [6.07, 6.45) is 1.51. The highest BCUT2D eigenvalue weighted by Crippen LogP contribution is 2.27. The van der Waals surface area contributed by atoms with Crippen LogP contribution in [0.3, 0.4) is 0 Å². The van der Waals surface area contributed by atoms with E-state index in [0.29, 0.717) is 6.61 Å². The molecule has 0 spiro atoms. The fourth-order valence-corrected chi connectivity index (χ4v) is 2.34. The van der Waals surface area contributed by atoms with Gasteiger partial charge in [-0.2, -0.15) is 0 Å². The summed E-state index contributed by atoms with van der Waals surface area (Å²) in [5.41, 5.74) is 2.67. The average Bonchev–Trinajstić information content (AvgIpc) is 2.18. The minimum atomic E-state index is -1.44. The summed E-state index contributed by atoms with van der Waals surface area (Å²) in [5, 5.41) is 0. The molecule has 0 bridgehead atoms. The smallest absolute Gasteiger partial charge is 0.303 e. The molecule has 1 rings (SSSR count). The van der Waals surface area contributed by atoms with Gasteiger partial charge in [0.15, 0.2) is 5.60 Å². The van der Waals surface area contributed by atoms with E-state index in [1.54, 1.807) is 0 Å². The van der Waals surface area contributed by atoms with E-state index in [4.69, 9.17) is 9.47 Å². The van der Waals surface area contributed by atoms with Crippen molar-refractivity contribution in [2.24, 2.45) is 0 Å². The molecule has 1 saturated heterocycles. The van der Waals surface area contributed by atoms with Gasteiger partial charge in [0, 0.05) is 13.5 Å². The molecule has 0 aliphatic carbocycles. The van der Waals surface area contributed by atoms with Crippen molar-refractivity contribution >= 4 is 14.0 Å². The Morgan fingerprint density at radius 3 is 2.65 bits per heavy atom. The Labute approximate surface area is 105 Å². The summed E-state index contributed by atoms with van der Waals surface area (Å²) in [6.45, 7) is 10.6. The first-order valence-corrected chi connectivity index (χ1v) is 9.58. The number of ether oxygens (including phenoxy) is 2. The molecule has 1 fully saturated rings. The van der Waals surface area contributed by atoms with Gasteiger partial charge < -0.3 is 9.47 Å². The minimum absolute atomic E-state index is 0.238. The van der Waals surface area contributed by atoms with Crippen LogP contribution in [-0.4, -0.2) is 32.4 Å². The molecule has 4 heteroatoms. The van der Waals surface area contributed by atoms with Crippen LogP contribution in [-0.2, 0) is 14.3 Å². The molecular weight excluding hydrogens is 232 g/mol. The maximum Gasteiger partial charge on any atom is 0.303 e. The zero-order valence-corrected chi connectivity index (χ0v) is 12.4. The van der Waals surface area contributed by atoms with Gasteiger partial charge in [-0.1, -0.05) is 25.6 Å². The normalized spacial score (nSPS) is 29.1. The standard InChI is InChI=1S/C13H22O3Si/c1-11(14)16-12-7-6-9-15-13(12,2)8-10-17(3,4)5/h12H,6-7,9H2,1-5H3/t12-,13-/m0/s1. The number of esters is 1. The van der Waals surface area contributed by atoms with Gasteiger partial charge in [-0.25, -0.2) is 0 Å². The van der Waals surface area contributed by atoms with E-state index in [1.165, 1.54) is 6.92 Å². The fraction of sp³-hybridized carbons (Fsp3) is 0.769. The van der Waals surface area contributed by atoms with Crippen molar-refractivity contribution in [3.63, 3.8) is 0 Å². The van der Waals surface area contributed by atoms with Gasteiger partial charge in [-0.15, -0.1) is 5.54 Å². The monoisotopic (exact) mass is 254 g/mol. The summed E-state index contributed by atoms with van der Waals surface area (Å²) in [6, 6.07) is 0. The maximum atomic E-state index is 11.1. The van der Waals surface area contributed by atoms with Crippen molar-refractivity contribution in [2.75, 3.05) is 6.61 Å². The Morgan fingerprint density at radius 2 is 2.12 bits per heavy atom. The van der Waals surface area contributed by atoms with E-state index in [-0.39, 0.29) is 12.1 Å². The van der Waals surface area contributed by atoms with Crippen molar-refractivity contribution in [1.29, 1.82) is 0 Å². The summed E-state index contributed by atoms with van der Waals surface area (Å²) in [7, 11) is -1.44. The van der Waals surface area contributed by atoms with E-state index < -0.39 is 13.7 Å². The van der Waals surface area contributed by atoms with Gasteiger partial charge in [0.1, 0.15) is 14.2 Å². The third-order valence-electron chi connectivity index (χ3n) is 2.62. The second kappa shape index (κ2) is 5.24. The lowest BCUT2D eigenvalue weighted by Gasteiger charge is -2.36. The van der Waals surface area contributed by atoms with Crippen molar-refractivity contribution < 1.29 is 14.3 Å². The second-order valence-corrected chi connectivity index (χ2v) is 10.4. The number of hydrogen-bond donors (Lipinski definition) is 0. The molecule has 3 nitrogen and oxygen atoms in total. The van der Waals surface area contributed by atoms with Crippen molar-refractivity contribution in [2.45, 2.75) is 58.0 Å². The Morgan fingerprint density at radius 1 is 1.47 bits per heavy atom. The van der Waals surface area contributed by atoms with E-state index in [9.17, 15) is 4.79 Å². The van der Waals surface area contributed by atoms with Crippen molar-refractivity contribution in [1.82, 2.24) is 0 Å². The van der Waals surface area contributed by atoms with Crippen LogP contribution in [0.4, 0.5) is 0 Å². The first kappa shape index (κ1) is 14.3. The van der Waals surface area contributed by atoms with Gasteiger partial charge in [-0.3, -0.25) is 4.79 Å². The molecule has 0 saturated carbocycles. The molecule has 0 amide bonds. The van der Waals surface area contributed by atoms with E-state index in [0.717, 1.165) is 12.8 Å². The topological polar surface area (TPSA) is 35.5 Å². The van der Waals surface area contributed by atoms with Crippen LogP contribution in [0.5, 0.6) is 0 Å². The zero-order chi connectivity index (χ0) is 13.1. The largest absolute Gasteiger partial charge is 0.458 e. The summed E-state index contributed by atoms with van der Waals surface area (Å²) in [4.78, 5) is 11.1. The van der Waals surface area contributed by atoms with Crippen LogP contribution >= 0.6 is 0 Å². The number of carbonyl (C=O) groups is 1. The molecule has 1 aliphatic rings.